The summed E-state index contributed by atoms with van der Waals surface area (Å²) in [5, 5.41) is 11.5. The molecule has 0 bridgehead atoms. The normalized spacial score (nSPS) is 18.4. The lowest BCUT2D eigenvalue weighted by Crippen LogP contribution is -2.38. The third-order valence-corrected chi connectivity index (χ3v) is 6.27. The second-order valence-corrected chi connectivity index (χ2v) is 8.44. The Morgan fingerprint density at radius 1 is 1.18 bits per heavy atom. The van der Waals surface area contributed by atoms with Gasteiger partial charge in [0.1, 0.15) is 23.7 Å². The predicted molar refractivity (Wildman–Crippen MR) is 122 cm³/mol. The molecule has 4 aromatic rings. The molecule has 1 aliphatic rings. The molecule has 34 heavy (non-hydrogen) atoms. The van der Waals surface area contributed by atoms with E-state index in [0.717, 1.165) is 36.8 Å². The van der Waals surface area contributed by atoms with Crippen LogP contribution in [0.15, 0.2) is 53.6 Å². The number of rotatable bonds is 6. The summed E-state index contributed by atoms with van der Waals surface area (Å²) in [6.45, 7) is -0.697. The number of fused-ring (bicyclic) bond motifs is 2. The summed E-state index contributed by atoms with van der Waals surface area (Å²) in [5.41, 5.74) is 1.51. The monoisotopic (exact) mass is 467 g/mol. The lowest BCUT2D eigenvalue weighted by atomic mass is 9.82. The highest BCUT2D eigenvalue weighted by atomic mass is 19.3. The Hall–Kier alpha value is -3.82. The van der Waals surface area contributed by atoms with Crippen molar-refractivity contribution in [3.05, 3.63) is 70.5 Å². The molecule has 3 heterocycles. The van der Waals surface area contributed by atoms with E-state index >= 15 is 0 Å². The van der Waals surface area contributed by atoms with Crippen molar-refractivity contribution in [1.82, 2.24) is 24.9 Å². The number of aromatic nitrogens is 4. The number of hydrogen-bond acceptors (Lipinski definition) is 5. The highest BCUT2D eigenvalue weighted by molar-refractivity contribution is 5.93. The predicted octanol–water partition coefficient (Wildman–Crippen LogP) is 3.67. The lowest BCUT2D eigenvalue weighted by molar-refractivity contribution is 0.0819. The number of aromatic amines is 1. The fourth-order valence-electron chi connectivity index (χ4n) is 4.60. The Morgan fingerprint density at radius 2 is 1.94 bits per heavy atom. The Kier molecular flexibility index (Phi) is 5.95. The Balaban J connectivity index is 1.24. The van der Waals surface area contributed by atoms with Gasteiger partial charge in [0.05, 0.1) is 17.3 Å². The first kappa shape index (κ1) is 22.0. The van der Waals surface area contributed by atoms with Gasteiger partial charge in [-0.25, -0.2) is 18.9 Å². The molecule has 1 aromatic carbocycles. The summed E-state index contributed by atoms with van der Waals surface area (Å²) >= 11 is 0. The molecule has 1 fully saturated rings. The van der Waals surface area contributed by atoms with E-state index in [1.807, 2.05) is 18.2 Å². The number of H-pyrrole nitrogens is 1. The second kappa shape index (κ2) is 9.20. The number of ether oxygens (including phenoxy) is 1. The number of amides is 1. The zero-order valence-corrected chi connectivity index (χ0v) is 18.2. The number of halogens is 2. The van der Waals surface area contributed by atoms with Crippen molar-refractivity contribution < 1.29 is 18.3 Å². The minimum atomic E-state index is -2.56. The van der Waals surface area contributed by atoms with Crippen molar-refractivity contribution in [3.63, 3.8) is 0 Å². The molecule has 0 saturated heterocycles. The van der Waals surface area contributed by atoms with Crippen LogP contribution in [0.4, 0.5) is 8.78 Å². The highest BCUT2D eigenvalue weighted by Gasteiger charge is 2.27. The largest absolute Gasteiger partial charge is 0.487 e. The van der Waals surface area contributed by atoms with E-state index in [4.69, 9.17) is 4.74 Å². The zero-order chi connectivity index (χ0) is 23.7. The van der Waals surface area contributed by atoms with E-state index in [1.165, 1.54) is 18.3 Å². The molecule has 1 amide bonds. The van der Waals surface area contributed by atoms with E-state index in [-0.39, 0.29) is 29.2 Å². The lowest BCUT2D eigenvalue weighted by Gasteiger charge is -2.29. The third-order valence-electron chi connectivity index (χ3n) is 6.27. The molecular weight excluding hydrogens is 444 g/mol. The van der Waals surface area contributed by atoms with Crippen molar-refractivity contribution in [2.75, 3.05) is 6.61 Å². The van der Waals surface area contributed by atoms with E-state index < -0.39 is 13.0 Å². The molecule has 3 aromatic heterocycles. The third kappa shape index (κ3) is 4.35. The molecule has 1 aliphatic carbocycles. The SMILES string of the molecule is O=C(N[C@H]1CC[C@H](c2n[nH]c(=O)c3ccccc32)CC1)c1cnc2cc(OCC(F)F)ccn12. The molecular formula is C24H23F2N5O3. The van der Waals surface area contributed by atoms with Crippen LogP contribution in [0.1, 0.15) is 47.8 Å². The topological polar surface area (TPSA) is 101 Å². The molecule has 0 radical (unpaired) electrons. The van der Waals surface area contributed by atoms with Gasteiger partial charge in [-0.2, -0.15) is 5.10 Å². The van der Waals surface area contributed by atoms with Crippen molar-refractivity contribution in [3.8, 4) is 5.75 Å². The zero-order valence-electron chi connectivity index (χ0n) is 18.2. The van der Waals surface area contributed by atoms with Crippen LogP contribution in [0.5, 0.6) is 5.75 Å². The quantitative estimate of drug-likeness (QED) is 0.451. The first-order valence-electron chi connectivity index (χ1n) is 11.2. The first-order chi connectivity index (χ1) is 16.5. The van der Waals surface area contributed by atoms with Crippen molar-refractivity contribution in [1.29, 1.82) is 0 Å². The standard InChI is InChI=1S/C24H23F2N5O3/c25-20(26)13-34-16-9-10-31-19(12-27-21(31)11-16)24(33)28-15-7-5-14(6-8-15)22-17-3-1-2-4-18(17)23(32)30-29-22/h1-4,9-12,14-15,20H,5-8,13H2,(H,28,33)(H,30,32)/t14-,15-. The number of imidazole rings is 1. The molecule has 2 N–H and O–H groups in total. The van der Waals surface area contributed by atoms with Crippen LogP contribution in [-0.2, 0) is 0 Å². The number of pyridine rings is 1. The van der Waals surface area contributed by atoms with Gasteiger partial charge in [-0.3, -0.25) is 14.0 Å². The number of carbonyl (C=O) groups is 1. The van der Waals surface area contributed by atoms with Gasteiger partial charge in [0.25, 0.3) is 17.9 Å². The maximum Gasteiger partial charge on any atom is 0.272 e. The second-order valence-electron chi connectivity index (χ2n) is 8.44. The van der Waals surface area contributed by atoms with Crippen LogP contribution in [0, 0.1) is 0 Å². The van der Waals surface area contributed by atoms with E-state index in [2.05, 4.69) is 20.5 Å². The number of benzene rings is 1. The average Bonchev–Trinajstić information content (AvgIpc) is 3.27. The number of nitrogens with one attached hydrogen (secondary N) is 2. The number of nitrogens with zero attached hydrogens (tertiary/aromatic N) is 3. The summed E-state index contributed by atoms with van der Waals surface area (Å²) in [5.74, 6) is 0.231. The van der Waals surface area contributed by atoms with Gasteiger partial charge < -0.3 is 10.1 Å². The Labute approximate surface area is 193 Å². The van der Waals surface area contributed by atoms with Crippen LogP contribution in [0.25, 0.3) is 16.4 Å². The van der Waals surface area contributed by atoms with Gasteiger partial charge in [0.2, 0.25) is 0 Å². The van der Waals surface area contributed by atoms with Crippen molar-refractivity contribution in [2.45, 2.75) is 44.1 Å². The molecule has 0 unspecified atom stereocenters. The van der Waals surface area contributed by atoms with Crippen LogP contribution in [0.3, 0.4) is 0 Å². The minimum Gasteiger partial charge on any atom is -0.487 e. The maximum absolute atomic E-state index is 12.9. The summed E-state index contributed by atoms with van der Waals surface area (Å²) in [6, 6.07) is 10.5. The van der Waals surface area contributed by atoms with Gasteiger partial charge in [0.15, 0.2) is 0 Å². The molecule has 1 saturated carbocycles. The molecule has 176 valence electrons. The first-order valence-corrected chi connectivity index (χ1v) is 11.2. The van der Waals surface area contributed by atoms with Gasteiger partial charge >= 0.3 is 0 Å². The number of alkyl halides is 2. The Bertz CT molecular complexity index is 1390. The Morgan fingerprint density at radius 3 is 2.71 bits per heavy atom. The summed E-state index contributed by atoms with van der Waals surface area (Å²) in [4.78, 5) is 29.2. The highest BCUT2D eigenvalue weighted by Crippen LogP contribution is 2.34. The number of hydrogen-bond donors (Lipinski definition) is 2. The van der Waals surface area contributed by atoms with Crippen LogP contribution < -0.4 is 15.6 Å². The van der Waals surface area contributed by atoms with Gasteiger partial charge in [-0.1, -0.05) is 18.2 Å². The molecule has 5 rings (SSSR count). The van der Waals surface area contributed by atoms with Crippen molar-refractivity contribution >= 4 is 22.3 Å². The molecule has 0 aliphatic heterocycles. The van der Waals surface area contributed by atoms with E-state index in [0.29, 0.717) is 16.7 Å². The maximum atomic E-state index is 12.9. The van der Waals surface area contributed by atoms with Crippen LogP contribution in [-0.4, -0.2) is 44.6 Å². The molecule has 0 atom stereocenters. The average molecular weight is 467 g/mol. The minimum absolute atomic E-state index is 0.0111. The van der Waals surface area contributed by atoms with Crippen LogP contribution in [0.2, 0.25) is 0 Å². The fraction of sp³-hybridized carbons (Fsp3) is 0.333. The molecule has 8 nitrogen and oxygen atoms in total. The van der Waals surface area contributed by atoms with Gasteiger partial charge in [-0.05, 0) is 37.8 Å². The molecule has 0 spiro atoms. The smallest absolute Gasteiger partial charge is 0.272 e. The summed E-state index contributed by atoms with van der Waals surface area (Å²) < 4.78 is 31.3. The number of carbonyl (C=O) groups excluding carboxylic acids is 1. The van der Waals surface area contributed by atoms with Crippen LogP contribution >= 0.6 is 0 Å². The summed E-state index contributed by atoms with van der Waals surface area (Å²) in [6.07, 6.45) is 3.73. The summed E-state index contributed by atoms with van der Waals surface area (Å²) in [7, 11) is 0. The van der Waals surface area contributed by atoms with Crippen molar-refractivity contribution in [2.24, 2.45) is 0 Å². The van der Waals surface area contributed by atoms with E-state index in [9.17, 15) is 18.4 Å². The van der Waals surface area contributed by atoms with E-state index in [1.54, 1.807) is 16.7 Å². The van der Waals surface area contributed by atoms with Gasteiger partial charge in [-0.15, -0.1) is 0 Å². The van der Waals surface area contributed by atoms with Gasteiger partial charge in [0, 0.05) is 29.6 Å². The fourth-order valence-corrected chi connectivity index (χ4v) is 4.60. The molecule has 10 heteroatoms.